The van der Waals surface area contributed by atoms with Crippen molar-refractivity contribution in [1.82, 2.24) is 5.32 Å². The van der Waals surface area contributed by atoms with E-state index in [1.54, 1.807) is 6.07 Å². The minimum absolute atomic E-state index is 0.103. The van der Waals surface area contributed by atoms with E-state index < -0.39 is 0 Å². The van der Waals surface area contributed by atoms with Crippen molar-refractivity contribution in [2.45, 2.75) is 46.2 Å². The van der Waals surface area contributed by atoms with E-state index in [0.29, 0.717) is 5.75 Å². The van der Waals surface area contributed by atoms with Crippen LogP contribution >= 0.6 is 0 Å². The van der Waals surface area contributed by atoms with Gasteiger partial charge in [-0.15, -0.1) is 0 Å². The Balaban J connectivity index is 2.10. The highest BCUT2D eigenvalue weighted by Crippen LogP contribution is 2.27. The van der Waals surface area contributed by atoms with Gasteiger partial charge in [-0.2, -0.15) is 0 Å². The van der Waals surface area contributed by atoms with Gasteiger partial charge in [0.1, 0.15) is 5.75 Å². The average molecular weight is 283 g/mol. The van der Waals surface area contributed by atoms with Crippen molar-refractivity contribution in [2.24, 2.45) is 0 Å². The van der Waals surface area contributed by atoms with Gasteiger partial charge in [-0.1, -0.05) is 48.9 Å². The second kappa shape index (κ2) is 6.77. The average Bonchev–Trinajstić information content (AvgIpc) is 2.49. The summed E-state index contributed by atoms with van der Waals surface area (Å²) in [5.74, 6) is 0.356. The molecule has 0 saturated carbocycles. The van der Waals surface area contributed by atoms with Crippen molar-refractivity contribution < 1.29 is 5.11 Å². The van der Waals surface area contributed by atoms with E-state index in [4.69, 9.17) is 0 Å². The summed E-state index contributed by atoms with van der Waals surface area (Å²) in [4.78, 5) is 0. The quantitative estimate of drug-likeness (QED) is 0.835. The summed E-state index contributed by atoms with van der Waals surface area (Å²) in [6, 6.07) is 14.8. The molecular weight excluding hydrogens is 258 g/mol. The number of hydrogen-bond acceptors (Lipinski definition) is 2. The van der Waals surface area contributed by atoms with Gasteiger partial charge in [-0.25, -0.2) is 0 Å². The Bertz CT molecular complexity index is 589. The third-order valence-corrected chi connectivity index (χ3v) is 4.04. The molecule has 2 aromatic rings. The molecule has 0 saturated heterocycles. The maximum absolute atomic E-state index is 10.0. The lowest BCUT2D eigenvalue weighted by Crippen LogP contribution is -2.22. The maximum Gasteiger partial charge on any atom is 0.120 e. The summed E-state index contributed by atoms with van der Waals surface area (Å²) < 4.78 is 0. The molecule has 0 aliphatic carbocycles. The fraction of sp³-hybridized carbons (Fsp3) is 0.368. The second-order valence-corrected chi connectivity index (χ2v) is 5.77. The highest BCUT2D eigenvalue weighted by atomic mass is 16.3. The van der Waals surface area contributed by atoms with Crippen LogP contribution in [0.4, 0.5) is 0 Å². The minimum Gasteiger partial charge on any atom is -0.508 e. The normalized spacial score (nSPS) is 13.9. The van der Waals surface area contributed by atoms with Gasteiger partial charge in [0.2, 0.25) is 0 Å². The number of phenolic OH excluding ortho intramolecular Hbond substituents is 1. The Morgan fingerprint density at radius 2 is 1.67 bits per heavy atom. The number of aryl methyl sites for hydroxylation is 2. The summed E-state index contributed by atoms with van der Waals surface area (Å²) in [5.41, 5.74) is 4.74. The van der Waals surface area contributed by atoms with Crippen LogP contribution in [0.15, 0.2) is 42.5 Å². The predicted octanol–water partition coefficient (Wildman–Crippen LogP) is 4.67. The minimum atomic E-state index is 0.103. The Kier molecular flexibility index (Phi) is 5.03. The number of rotatable bonds is 5. The van der Waals surface area contributed by atoms with Crippen molar-refractivity contribution >= 4 is 0 Å². The predicted molar refractivity (Wildman–Crippen MR) is 88.6 cm³/mol. The summed E-state index contributed by atoms with van der Waals surface area (Å²) in [7, 11) is 0. The summed E-state index contributed by atoms with van der Waals surface area (Å²) >= 11 is 0. The number of phenols is 1. The molecule has 0 radical (unpaired) electrons. The van der Waals surface area contributed by atoms with Gasteiger partial charge in [0.15, 0.2) is 0 Å². The monoisotopic (exact) mass is 283 g/mol. The third kappa shape index (κ3) is 3.85. The molecule has 2 rings (SSSR count). The maximum atomic E-state index is 10.0. The highest BCUT2D eigenvalue weighted by molar-refractivity contribution is 5.38. The molecule has 2 N–H and O–H groups in total. The van der Waals surface area contributed by atoms with Gasteiger partial charge in [-0.05, 0) is 44.4 Å². The molecule has 0 heterocycles. The lowest BCUT2D eigenvalue weighted by molar-refractivity contribution is 0.438. The highest BCUT2D eigenvalue weighted by Gasteiger charge is 2.14. The molecule has 0 bridgehead atoms. The van der Waals surface area contributed by atoms with Crippen LogP contribution in [0.2, 0.25) is 0 Å². The Morgan fingerprint density at radius 1 is 1.00 bits per heavy atom. The van der Waals surface area contributed by atoms with E-state index in [1.165, 1.54) is 11.1 Å². The van der Waals surface area contributed by atoms with E-state index in [-0.39, 0.29) is 12.1 Å². The van der Waals surface area contributed by atoms with Crippen molar-refractivity contribution in [1.29, 1.82) is 0 Å². The van der Waals surface area contributed by atoms with Crippen molar-refractivity contribution in [2.75, 3.05) is 0 Å². The van der Waals surface area contributed by atoms with Crippen LogP contribution in [0.25, 0.3) is 0 Å². The Labute approximate surface area is 127 Å². The topological polar surface area (TPSA) is 32.3 Å². The molecule has 21 heavy (non-hydrogen) atoms. The van der Waals surface area contributed by atoms with Crippen LogP contribution in [-0.4, -0.2) is 5.11 Å². The Morgan fingerprint density at radius 3 is 2.29 bits per heavy atom. The lowest BCUT2D eigenvalue weighted by atomic mass is 10.0. The van der Waals surface area contributed by atoms with Gasteiger partial charge in [0, 0.05) is 17.6 Å². The fourth-order valence-electron chi connectivity index (χ4n) is 2.62. The first-order chi connectivity index (χ1) is 10.0. The molecule has 0 aliphatic heterocycles. The van der Waals surface area contributed by atoms with E-state index in [1.807, 2.05) is 19.1 Å². The lowest BCUT2D eigenvalue weighted by Gasteiger charge is -2.22. The number of hydrogen-bond donors (Lipinski definition) is 2. The molecule has 0 fully saturated rings. The van der Waals surface area contributed by atoms with Crippen LogP contribution in [-0.2, 0) is 6.42 Å². The van der Waals surface area contributed by atoms with Crippen molar-refractivity contribution in [3.63, 3.8) is 0 Å². The van der Waals surface area contributed by atoms with Gasteiger partial charge in [-0.3, -0.25) is 0 Å². The zero-order chi connectivity index (χ0) is 15.4. The second-order valence-electron chi connectivity index (χ2n) is 5.77. The largest absolute Gasteiger partial charge is 0.508 e. The fourth-order valence-corrected chi connectivity index (χ4v) is 2.62. The first-order valence-corrected chi connectivity index (χ1v) is 7.65. The number of aromatic hydroxyl groups is 1. The van der Waals surface area contributed by atoms with Crippen LogP contribution in [0, 0.1) is 6.92 Å². The zero-order valence-electron chi connectivity index (χ0n) is 13.4. The van der Waals surface area contributed by atoms with Gasteiger partial charge in [0.05, 0.1) is 0 Å². The first kappa shape index (κ1) is 15.6. The van der Waals surface area contributed by atoms with Crippen molar-refractivity contribution in [3.05, 3.63) is 64.7 Å². The standard InChI is InChI=1S/C19H25NO/c1-5-16-7-9-17(10-8-16)14(3)20-15(4)18-12-13(2)6-11-19(18)21/h6-12,14-15,20-21H,5H2,1-4H3. The van der Waals surface area contributed by atoms with Crippen molar-refractivity contribution in [3.8, 4) is 5.75 Å². The van der Waals surface area contributed by atoms with Gasteiger partial charge in [0.25, 0.3) is 0 Å². The molecule has 2 aromatic carbocycles. The summed E-state index contributed by atoms with van der Waals surface area (Å²) in [5, 5.41) is 13.6. The summed E-state index contributed by atoms with van der Waals surface area (Å²) in [6.45, 7) is 8.46. The number of benzene rings is 2. The molecule has 0 spiro atoms. The molecule has 2 nitrogen and oxygen atoms in total. The van der Waals surface area contributed by atoms with E-state index in [0.717, 1.165) is 17.5 Å². The van der Waals surface area contributed by atoms with Gasteiger partial charge < -0.3 is 10.4 Å². The molecule has 0 aliphatic rings. The molecule has 0 amide bonds. The SMILES string of the molecule is CCc1ccc(C(C)NC(C)c2cc(C)ccc2O)cc1. The Hall–Kier alpha value is -1.80. The van der Waals surface area contributed by atoms with E-state index in [2.05, 4.69) is 50.4 Å². The number of nitrogens with one attached hydrogen (secondary N) is 1. The van der Waals surface area contributed by atoms with E-state index in [9.17, 15) is 5.11 Å². The molecular formula is C19H25NO. The molecule has 2 heteroatoms. The van der Waals surface area contributed by atoms with Crippen LogP contribution < -0.4 is 5.32 Å². The van der Waals surface area contributed by atoms with Crippen LogP contribution in [0.3, 0.4) is 0 Å². The third-order valence-electron chi connectivity index (χ3n) is 4.04. The van der Waals surface area contributed by atoms with Crippen LogP contribution in [0.1, 0.15) is 55.1 Å². The molecule has 2 unspecified atom stereocenters. The molecule has 0 aromatic heterocycles. The molecule has 112 valence electrons. The van der Waals surface area contributed by atoms with Crippen LogP contribution in [0.5, 0.6) is 5.75 Å². The van der Waals surface area contributed by atoms with E-state index >= 15 is 0 Å². The van der Waals surface area contributed by atoms with Gasteiger partial charge >= 0.3 is 0 Å². The zero-order valence-corrected chi connectivity index (χ0v) is 13.4. The molecule has 2 atom stereocenters. The first-order valence-electron chi connectivity index (χ1n) is 7.65. The smallest absolute Gasteiger partial charge is 0.120 e. The summed E-state index contributed by atoms with van der Waals surface area (Å²) in [6.07, 6.45) is 1.07.